The molecule has 0 spiro atoms. The van der Waals surface area contributed by atoms with E-state index in [0.29, 0.717) is 12.4 Å². The molecular formula is C14H15N5O. The molecule has 3 rings (SSSR count). The zero-order chi connectivity index (χ0) is 14.1. The summed E-state index contributed by atoms with van der Waals surface area (Å²) < 4.78 is 1.77. The monoisotopic (exact) mass is 269 g/mol. The second-order valence-corrected chi connectivity index (χ2v) is 4.70. The van der Waals surface area contributed by atoms with Gasteiger partial charge in [0, 0.05) is 0 Å². The lowest BCUT2D eigenvalue weighted by Gasteiger charge is -2.14. The zero-order valence-corrected chi connectivity index (χ0v) is 11.1. The number of hydrazine groups is 1. The minimum Gasteiger partial charge on any atom is -0.298 e. The highest BCUT2D eigenvalue weighted by Crippen LogP contribution is 2.16. The van der Waals surface area contributed by atoms with Gasteiger partial charge in [0.15, 0.2) is 11.6 Å². The van der Waals surface area contributed by atoms with Gasteiger partial charge in [0.1, 0.15) is 11.7 Å². The highest BCUT2D eigenvalue weighted by molar-refractivity contribution is 6.01. The van der Waals surface area contributed by atoms with E-state index in [1.807, 2.05) is 36.4 Å². The third-order valence-corrected chi connectivity index (χ3v) is 3.26. The van der Waals surface area contributed by atoms with Gasteiger partial charge in [-0.15, -0.1) is 0 Å². The number of aromatic nitrogens is 2. The van der Waals surface area contributed by atoms with Crippen molar-refractivity contribution < 1.29 is 4.79 Å². The summed E-state index contributed by atoms with van der Waals surface area (Å²) in [5.74, 6) is 6.56. The molecule has 0 amide bonds. The van der Waals surface area contributed by atoms with Crippen LogP contribution < -0.4 is 5.84 Å². The first-order chi connectivity index (χ1) is 9.66. The molecule has 20 heavy (non-hydrogen) atoms. The fraction of sp³-hybridized carbons (Fsp3) is 0.214. The van der Waals surface area contributed by atoms with Gasteiger partial charge in [-0.2, -0.15) is 5.10 Å². The van der Waals surface area contributed by atoms with Gasteiger partial charge in [0.05, 0.1) is 18.4 Å². The van der Waals surface area contributed by atoms with E-state index in [4.69, 9.17) is 5.84 Å². The Morgan fingerprint density at radius 2 is 2.05 bits per heavy atom. The van der Waals surface area contributed by atoms with Crippen molar-refractivity contribution in [3.05, 3.63) is 48.3 Å². The molecule has 1 aliphatic heterocycles. The first-order valence-electron chi connectivity index (χ1n) is 6.37. The maximum Gasteiger partial charge on any atom is 0.165 e. The normalized spacial score (nSPS) is 18.2. The molecule has 1 aromatic heterocycles. The number of hydrogen-bond donors (Lipinski definition) is 1. The maximum absolute atomic E-state index is 11.4. The first kappa shape index (κ1) is 12.6. The van der Waals surface area contributed by atoms with E-state index in [0.717, 1.165) is 11.4 Å². The number of benzene rings is 1. The molecule has 1 atom stereocenters. The molecule has 0 saturated heterocycles. The van der Waals surface area contributed by atoms with Crippen molar-refractivity contribution in [2.24, 2.45) is 10.8 Å². The quantitative estimate of drug-likeness (QED) is 0.835. The summed E-state index contributed by atoms with van der Waals surface area (Å²) in [5, 5.41) is 5.81. The SMILES string of the molecule is CC(=O)C1CN(N)C(c2ccnn2-c2ccccc2)=N1. The molecule has 0 bridgehead atoms. The summed E-state index contributed by atoms with van der Waals surface area (Å²) >= 11 is 0. The number of Topliss-reactive ketones (excluding diaryl/α,β-unsaturated/α-hetero) is 1. The van der Waals surface area contributed by atoms with Crippen LogP contribution in [0.15, 0.2) is 47.6 Å². The van der Waals surface area contributed by atoms with Gasteiger partial charge in [-0.25, -0.2) is 10.5 Å². The Labute approximate surface area is 116 Å². The Hall–Kier alpha value is -2.47. The molecule has 0 saturated carbocycles. The molecule has 2 aromatic rings. The Morgan fingerprint density at radius 1 is 1.30 bits per heavy atom. The van der Waals surface area contributed by atoms with Crippen LogP contribution in [0.2, 0.25) is 0 Å². The van der Waals surface area contributed by atoms with Crippen molar-refractivity contribution in [3.8, 4) is 5.69 Å². The van der Waals surface area contributed by atoms with E-state index >= 15 is 0 Å². The van der Waals surface area contributed by atoms with Crippen LogP contribution in [0.3, 0.4) is 0 Å². The van der Waals surface area contributed by atoms with E-state index < -0.39 is 6.04 Å². The van der Waals surface area contributed by atoms with Gasteiger partial charge in [0.2, 0.25) is 0 Å². The number of aliphatic imine (C=N–C) groups is 1. The number of carbonyl (C=O) groups excluding carboxylic acids is 1. The van der Waals surface area contributed by atoms with Crippen molar-refractivity contribution in [2.75, 3.05) is 6.54 Å². The zero-order valence-electron chi connectivity index (χ0n) is 11.1. The lowest BCUT2D eigenvalue weighted by molar-refractivity contribution is -0.118. The molecule has 6 heteroatoms. The number of ketones is 1. The predicted molar refractivity (Wildman–Crippen MR) is 75.5 cm³/mol. The average molecular weight is 269 g/mol. The van der Waals surface area contributed by atoms with Crippen LogP contribution in [0, 0.1) is 0 Å². The largest absolute Gasteiger partial charge is 0.298 e. The van der Waals surface area contributed by atoms with E-state index in [-0.39, 0.29) is 5.78 Å². The first-order valence-corrected chi connectivity index (χ1v) is 6.37. The number of carbonyl (C=O) groups is 1. The predicted octanol–water partition coefficient (Wildman–Crippen LogP) is 0.766. The molecular weight excluding hydrogens is 254 g/mol. The third-order valence-electron chi connectivity index (χ3n) is 3.26. The summed E-state index contributed by atoms with van der Waals surface area (Å²) in [5.41, 5.74) is 1.71. The van der Waals surface area contributed by atoms with Crippen LogP contribution in [0.25, 0.3) is 5.69 Å². The standard InChI is InChI=1S/C14H15N5O/c1-10(20)12-9-18(15)14(17-12)13-7-8-16-19(13)11-5-3-2-4-6-11/h2-8,12H,9,15H2,1H3. The van der Waals surface area contributed by atoms with Gasteiger partial charge in [-0.1, -0.05) is 18.2 Å². The van der Waals surface area contributed by atoms with Gasteiger partial charge in [-0.3, -0.25) is 14.8 Å². The summed E-state index contributed by atoms with van der Waals surface area (Å²) in [6.45, 7) is 1.93. The van der Waals surface area contributed by atoms with Gasteiger partial charge >= 0.3 is 0 Å². The maximum atomic E-state index is 11.4. The molecule has 2 heterocycles. The van der Waals surface area contributed by atoms with Crippen LogP contribution in [0.1, 0.15) is 12.6 Å². The second-order valence-electron chi connectivity index (χ2n) is 4.70. The minimum absolute atomic E-state index is 0.0150. The summed E-state index contributed by atoms with van der Waals surface area (Å²) in [4.78, 5) is 15.9. The molecule has 6 nitrogen and oxygen atoms in total. The number of nitrogens with zero attached hydrogens (tertiary/aromatic N) is 4. The molecule has 0 aliphatic carbocycles. The molecule has 2 N–H and O–H groups in total. The minimum atomic E-state index is -0.394. The highest BCUT2D eigenvalue weighted by Gasteiger charge is 2.29. The Morgan fingerprint density at radius 3 is 2.70 bits per heavy atom. The topological polar surface area (TPSA) is 76.5 Å². The Kier molecular flexibility index (Phi) is 3.08. The lowest BCUT2D eigenvalue weighted by Crippen LogP contribution is -2.38. The van der Waals surface area contributed by atoms with E-state index in [1.54, 1.807) is 10.9 Å². The number of rotatable bonds is 3. The van der Waals surface area contributed by atoms with Crippen LogP contribution in [-0.2, 0) is 4.79 Å². The van der Waals surface area contributed by atoms with Gasteiger partial charge in [0.25, 0.3) is 0 Å². The van der Waals surface area contributed by atoms with Crippen molar-refractivity contribution in [3.63, 3.8) is 0 Å². The number of para-hydroxylation sites is 1. The van der Waals surface area contributed by atoms with Gasteiger partial charge in [-0.05, 0) is 25.1 Å². The van der Waals surface area contributed by atoms with Crippen molar-refractivity contribution >= 4 is 11.6 Å². The average Bonchev–Trinajstić information content (AvgIpc) is 3.05. The molecule has 0 fully saturated rings. The second kappa shape index (κ2) is 4.90. The summed E-state index contributed by atoms with van der Waals surface area (Å²) in [7, 11) is 0. The number of nitrogens with two attached hydrogens (primary N) is 1. The smallest absolute Gasteiger partial charge is 0.165 e. The third kappa shape index (κ3) is 2.10. The van der Waals surface area contributed by atoms with Crippen molar-refractivity contribution in [2.45, 2.75) is 13.0 Å². The Balaban J connectivity index is 2.02. The molecule has 1 aromatic carbocycles. The number of amidine groups is 1. The van der Waals surface area contributed by atoms with E-state index in [1.165, 1.54) is 11.9 Å². The van der Waals surface area contributed by atoms with Crippen LogP contribution in [0.5, 0.6) is 0 Å². The molecule has 1 unspecified atom stereocenters. The summed E-state index contributed by atoms with van der Waals surface area (Å²) in [6.07, 6.45) is 1.69. The molecule has 0 radical (unpaired) electrons. The van der Waals surface area contributed by atoms with Crippen LogP contribution in [0.4, 0.5) is 0 Å². The van der Waals surface area contributed by atoms with Gasteiger partial charge < -0.3 is 0 Å². The fourth-order valence-corrected chi connectivity index (χ4v) is 2.22. The highest BCUT2D eigenvalue weighted by atomic mass is 16.1. The van der Waals surface area contributed by atoms with E-state index in [2.05, 4.69) is 10.1 Å². The molecule has 102 valence electrons. The fourth-order valence-electron chi connectivity index (χ4n) is 2.22. The number of hydrogen-bond acceptors (Lipinski definition) is 5. The summed E-state index contributed by atoms with van der Waals surface area (Å²) in [6, 6.07) is 11.2. The van der Waals surface area contributed by atoms with Crippen LogP contribution in [-0.4, -0.2) is 39.0 Å². The van der Waals surface area contributed by atoms with Crippen molar-refractivity contribution in [1.82, 2.24) is 14.8 Å². The van der Waals surface area contributed by atoms with E-state index in [9.17, 15) is 4.79 Å². The van der Waals surface area contributed by atoms with Crippen LogP contribution >= 0.6 is 0 Å². The van der Waals surface area contributed by atoms with Crippen molar-refractivity contribution in [1.29, 1.82) is 0 Å². The Bertz CT molecular complexity index is 661. The molecule has 1 aliphatic rings. The lowest BCUT2D eigenvalue weighted by atomic mass is 10.2.